The molecule has 0 aliphatic carbocycles. The number of amides is 2. The summed E-state index contributed by atoms with van der Waals surface area (Å²) in [5.41, 5.74) is 2.43. The third-order valence-electron chi connectivity index (χ3n) is 6.92. The van der Waals surface area contributed by atoms with Crippen molar-refractivity contribution in [3.63, 3.8) is 0 Å². The van der Waals surface area contributed by atoms with Gasteiger partial charge in [-0.1, -0.05) is 42.5 Å². The van der Waals surface area contributed by atoms with Crippen LogP contribution in [-0.2, 0) is 11.2 Å². The molecule has 0 radical (unpaired) electrons. The van der Waals surface area contributed by atoms with Gasteiger partial charge in [0.25, 0.3) is 11.9 Å². The quantitative estimate of drug-likeness (QED) is 0.209. The van der Waals surface area contributed by atoms with Crippen molar-refractivity contribution in [3.8, 4) is 5.75 Å². The van der Waals surface area contributed by atoms with Gasteiger partial charge < -0.3 is 29.5 Å². The van der Waals surface area contributed by atoms with Gasteiger partial charge in [-0.05, 0) is 66.9 Å². The molecule has 0 saturated heterocycles. The molecule has 2 aromatic heterocycles. The summed E-state index contributed by atoms with van der Waals surface area (Å²) in [5.74, 6) is 0.0961. The SMILES string of the molecule is COc1ccc(C[C@H](Nc2nc3ccc(NC(=O)c4ccco4)c(C)c3c(=O)o2)C(=O)NC(C)c2ccccc2)cc1. The van der Waals surface area contributed by atoms with E-state index in [1.54, 1.807) is 38.3 Å². The zero-order valence-corrected chi connectivity index (χ0v) is 23.3. The van der Waals surface area contributed by atoms with Gasteiger partial charge >= 0.3 is 5.63 Å². The topological polar surface area (TPSA) is 136 Å². The number of aromatic nitrogens is 1. The van der Waals surface area contributed by atoms with E-state index >= 15 is 0 Å². The second kappa shape index (κ2) is 12.4. The predicted octanol–water partition coefficient (Wildman–Crippen LogP) is 5.25. The lowest BCUT2D eigenvalue weighted by Gasteiger charge is -2.22. The van der Waals surface area contributed by atoms with Crippen LogP contribution in [0.15, 0.2) is 98.8 Å². The highest BCUT2D eigenvalue weighted by Gasteiger charge is 2.24. The molecule has 2 heterocycles. The van der Waals surface area contributed by atoms with E-state index in [1.165, 1.54) is 6.26 Å². The molecule has 0 saturated carbocycles. The molecular weight excluding hydrogens is 536 g/mol. The monoisotopic (exact) mass is 566 g/mol. The van der Waals surface area contributed by atoms with Crippen LogP contribution in [0.5, 0.6) is 5.75 Å². The van der Waals surface area contributed by atoms with Crippen LogP contribution in [0.3, 0.4) is 0 Å². The molecule has 42 heavy (non-hydrogen) atoms. The number of anilines is 2. The first-order valence-corrected chi connectivity index (χ1v) is 13.4. The van der Waals surface area contributed by atoms with Gasteiger partial charge in [0.2, 0.25) is 5.91 Å². The van der Waals surface area contributed by atoms with Crippen molar-refractivity contribution in [2.75, 3.05) is 17.7 Å². The Kier molecular flexibility index (Phi) is 8.33. The maximum Gasteiger partial charge on any atom is 0.348 e. The number of ether oxygens (including phenoxy) is 1. The number of carbonyl (C=O) groups excluding carboxylic acids is 2. The second-order valence-corrected chi connectivity index (χ2v) is 9.76. The molecular formula is C32H30N4O6. The normalized spacial score (nSPS) is 12.4. The Balaban J connectivity index is 1.41. The van der Waals surface area contributed by atoms with Crippen molar-refractivity contribution in [2.45, 2.75) is 32.4 Å². The first kappa shape index (κ1) is 28.2. The van der Waals surface area contributed by atoms with Crippen LogP contribution < -0.4 is 26.3 Å². The number of fused-ring (bicyclic) bond motifs is 1. The Hall–Kier alpha value is -5.38. The first-order valence-electron chi connectivity index (χ1n) is 13.4. The molecule has 0 bridgehead atoms. The molecule has 0 aliphatic rings. The third kappa shape index (κ3) is 6.33. The van der Waals surface area contributed by atoms with Crippen molar-refractivity contribution >= 4 is 34.4 Å². The highest BCUT2D eigenvalue weighted by molar-refractivity contribution is 6.04. The van der Waals surface area contributed by atoms with E-state index in [2.05, 4.69) is 20.9 Å². The molecule has 10 nitrogen and oxygen atoms in total. The van der Waals surface area contributed by atoms with Crippen LogP contribution in [0.25, 0.3) is 10.9 Å². The average Bonchev–Trinajstić information content (AvgIpc) is 3.54. The van der Waals surface area contributed by atoms with Crippen LogP contribution in [0.4, 0.5) is 11.7 Å². The smallest absolute Gasteiger partial charge is 0.348 e. The first-order chi connectivity index (χ1) is 20.3. The molecule has 0 aliphatic heterocycles. The van der Waals surface area contributed by atoms with Crippen LogP contribution >= 0.6 is 0 Å². The van der Waals surface area contributed by atoms with Crippen molar-refractivity contribution < 1.29 is 23.2 Å². The lowest BCUT2D eigenvalue weighted by atomic mass is 10.0. The molecule has 5 aromatic rings. The van der Waals surface area contributed by atoms with Gasteiger partial charge in [0.05, 0.1) is 30.3 Å². The van der Waals surface area contributed by atoms with Gasteiger partial charge in [0, 0.05) is 12.1 Å². The van der Waals surface area contributed by atoms with Gasteiger partial charge in [0.15, 0.2) is 5.76 Å². The summed E-state index contributed by atoms with van der Waals surface area (Å²) < 4.78 is 15.9. The van der Waals surface area contributed by atoms with E-state index in [-0.39, 0.29) is 35.5 Å². The molecule has 0 fully saturated rings. The standard InChI is InChI=1S/C32H30N4O6/c1-19-24(34-30(38)27-10-7-17-41-27)15-16-25-28(19)31(39)42-32(35-25)36-26(18-21-11-13-23(40-3)14-12-21)29(37)33-20(2)22-8-5-4-6-9-22/h4-17,20,26H,18H2,1-3H3,(H,33,37)(H,34,38)(H,35,36)/t20?,26-/m0/s1. The number of furan rings is 1. The minimum absolute atomic E-state index is 0.0969. The van der Waals surface area contributed by atoms with E-state index in [0.717, 1.165) is 11.1 Å². The Bertz CT molecular complexity index is 1750. The van der Waals surface area contributed by atoms with Gasteiger partial charge in [-0.15, -0.1) is 0 Å². The van der Waals surface area contributed by atoms with Crippen LogP contribution in [0.1, 0.15) is 40.2 Å². The van der Waals surface area contributed by atoms with Crippen molar-refractivity contribution in [3.05, 3.63) is 118 Å². The Labute approximate surface area is 241 Å². The number of hydrogen-bond acceptors (Lipinski definition) is 8. The van der Waals surface area contributed by atoms with Crippen LogP contribution in [0.2, 0.25) is 0 Å². The lowest BCUT2D eigenvalue weighted by molar-refractivity contribution is -0.122. The number of aryl methyl sites for hydroxylation is 1. The van der Waals surface area contributed by atoms with Gasteiger partial charge in [0.1, 0.15) is 11.8 Å². The average molecular weight is 567 g/mol. The molecule has 5 rings (SSSR count). The number of carbonyl (C=O) groups is 2. The van der Waals surface area contributed by atoms with E-state index in [9.17, 15) is 14.4 Å². The molecule has 1 unspecified atom stereocenters. The highest BCUT2D eigenvalue weighted by Crippen LogP contribution is 2.24. The highest BCUT2D eigenvalue weighted by atomic mass is 16.5. The predicted molar refractivity (Wildman–Crippen MR) is 159 cm³/mol. The fraction of sp³-hybridized carbons (Fsp3) is 0.188. The Morgan fingerprint density at radius 2 is 1.74 bits per heavy atom. The Morgan fingerprint density at radius 3 is 2.43 bits per heavy atom. The van der Waals surface area contributed by atoms with Gasteiger partial charge in [-0.2, -0.15) is 4.98 Å². The number of benzene rings is 3. The molecule has 0 spiro atoms. The van der Waals surface area contributed by atoms with E-state index in [1.807, 2.05) is 61.5 Å². The van der Waals surface area contributed by atoms with Gasteiger partial charge in [-0.3, -0.25) is 9.59 Å². The molecule has 214 valence electrons. The fourth-order valence-electron chi connectivity index (χ4n) is 4.60. The zero-order valence-electron chi connectivity index (χ0n) is 23.3. The van der Waals surface area contributed by atoms with E-state index in [4.69, 9.17) is 13.6 Å². The molecule has 2 amide bonds. The number of rotatable bonds is 10. The number of hydrogen-bond donors (Lipinski definition) is 3. The summed E-state index contributed by atoms with van der Waals surface area (Å²) in [4.78, 5) is 43.6. The van der Waals surface area contributed by atoms with Crippen molar-refractivity contribution in [1.29, 1.82) is 0 Å². The summed E-state index contributed by atoms with van der Waals surface area (Å²) in [6.07, 6.45) is 1.69. The summed E-state index contributed by atoms with van der Waals surface area (Å²) in [7, 11) is 1.59. The van der Waals surface area contributed by atoms with Crippen molar-refractivity contribution in [2.24, 2.45) is 0 Å². The number of nitrogens with one attached hydrogen (secondary N) is 3. The van der Waals surface area contributed by atoms with Crippen molar-refractivity contribution in [1.82, 2.24) is 10.3 Å². The second-order valence-electron chi connectivity index (χ2n) is 9.76. The number of methoxy groups -OCH3 is 1. The summed E-state index contributed by atoms with van der Waals surface area (Å²) in [6, 6.07) is 22.2. The number of nitrogens with zero attached hydrogens (tertiary/aromatic N) is 1. The van der Waals surface area contributed by atoms with Crippen LogP contribution in [-0.4, -0.2) is 29.9 Å². The molecule has 2 atom stereocenters. The summed E-state index contributed by atoms with van der Waals surface area (Å²) in [6.45, 7) is 3.59. The minimum atomic E-state index is -0.814. The fourth-order valence-corrected chi connectivity index (χ4v) is 4.60. The third-order valence-corrected chi connectivity index (χ3v) is 6.92. The summed E-state index contributed by atoms with van der Waals surface area (Å²) >= 11 is 0. The molecule has 3 N–H and O–H groups in total. The largest absolute Gasteiger partial charge is 0.497 e. The van der Waals surface area contributed by atoms with Crippen LogP contribution in [0, 0.1) is 6.92 Å². The summed E-state index contributed by atoms with van der Waals surface area (Å²) in [5, 5.41) is 9.02. The maximum atomic E-state index is 13.5. The minimum Gasteiger partial charge on any atom is -0.497 e. The lowest BCUT2D eigenvalue weighted by Crippen LogP contribution is -2.42. The molecule has 10 heteroatoms. The van der Waals surface area contributed by atoms with E-state index in [0.29, 0.717) is 22.5 Å². The van der Waals surface area contributed by atoms with Gasteiger partial charge in [-0.25, -0.2) is 4.79 Å². The maximum absolute atomic E-state index is 13.5. The van der Waals surface area contributed by atoms with E-state index < -0.39 is 17.6 Å². The Morgan fingerprint density at radius 1 is 0.976 bits per heavy atom. The molecule has 3 aromatic carbocycles. The zero-order chi connectivity index (χ0) is 29.6.